The Morgan fingerprint density at radius 3 is 2.56 bits per heavy atom. The van der Waals surface area contributed by atoms with Crippen molar-refractivity contribution in [3.05, 3.63) is 35.6 Å². The van der Waals surface area contributed by atoms with Crippen molar-refractivity contribution < 1.29 is 4.39 Å². The van der Waals surface area contributed by atoms with Gasteiger partial charge in [0.2, 0.25) is 0 Å². The molecule has 1 atom stereocenters. The third-order valence-corrected chi connectivity index (χ3v) is 3.90. The number of nitrogens with one attached hydrogen (secondary N) is 1. The molecule has 1 aromatic carbocycles. The van der Waals surface area contributed by atoms with Crippen molar-refractivity contribution >= 4 is 0 Å². The summed E-state index contributed by atoms with van der Waals surface area (Å²) >= 11 is 0. The minimum absolute atomic E-state index is 0.107. The van der Waals surface area contributed by atoms with Gasteiger partial charge in [-0.3, -0.25) is 0 Å². The van der Waals surface area contributed by atoms with Crippen LogP contribution >= 0.6 is 0 Å². The van der Waals surface area contributed by atoms with Crippen LogP contribution in [0.5, 0.6) is 0 Å². The molecule has 0 saturated heterocycles. The van der Waals surface area contributed by atoms with Crippen molar-refractivity contribution in [2.75, 3.05) is 0 Å². The molecule has 0 aliphatic heterocycles. The fourth-order valence-electron chi connectivity index (χ4n) is 2.76. The smallest absolute Gasteiger partial charge is 0.127 e. The molecule has 3 N–H and O–H groups in total. The molecule has 0 amide bonds. The number of rotatable bonds is 4. The Morgan fingerprint density at radius 1 is 1.28 bits per heavy atom. The fraction of sp³-hybridized carbons (Fsp3) is 0.600. The van der Waals surface area contributed by atoms with Gasteiger partial charge in [-0.1, -0.05) is 25.1 Å². The molecule has 2 nitrogen and oxygen atoms in total. The average Bonchev–Trinajstić information content (AvgIpc) is 2.39. The summed E-state index contributed by atoms with van der Waals surface area (Å²) in [5.41, 5.74) is 6.69. The largest absolute Gasteiger partial charge is 0.328 e. The van der Waals surface area contributed by atoms with Crippen LogP contribution in [0.1, 0.15) is 50.6 Å². The van der Waals surface area contributed by atoms with Gasteiger partial charge in [0.05, 0.1) is 0 Å². The fourth-order valence-corrected chi connectivity index (χ4v) is 2.76. The summed E-state index contributed by atoms with van der Waals surface area (Å²) in [6, 6.07) is 8.02. The Balaban J connectivity index is 1.99. The highest BCUT2D eigenvalue weighted by atomic mass is 19.1. The van der Waals surface area contributed by atoms with Crippen molar-refractivity contribution in [1.82, 2.24) is 5.32 Å². The van der Waals surface area contributed by atoms with Crippen LogP contribution in [0.3, 0.4) is 0 Å². The summed E-state index contributed by atoms with van der Waals surface area (Å²) in [5, 5.41) is 3.59. The molecule has 0 bridgehead atoms. The molecule has 1 fully saturated rings. The molecule has 0 radical (unpaired) electrons. The third kappa shape index (κ3) is 3.30. The normalized spacial score (nSPS) is 25.9. The number of benzene rings is 1. The molecule has 1 aliphatic rings. The van der Waals surface area contributed by atoms with Crippen LogP contribution in [-0.4, -0.2) is 12.1 Å². The van der Waals surface area contributed by atoms with Gasteiger partial charge < -0.3 is 11.1 Å². The summed E-state index contributed by atoms with van der Waals surface area (Å²) in [7, 11) is 0. The molecular formula is C15H23FN2. The van der Waals surface area contributed by atoms with E-state index in [1.54, 1.807) is 6.07 Å². The van der Waals surface area contributed by atoms with Crippen LogP contribution in [0.25, 0.3) is 0 Å². The molecule has 1 aliphatic carbocycles. The predicted octanol–water partition coefficient (Wildman–Crippen LogP) is 3.14. The van der Waals surface area contributed by atoms with Crippen LogP contribution in [0.4, 0.5) is 4.39 Å². The van der Waals surface area contributed by atoms with E-state index in [1.807, 2.05) is 12.1 Å². The van der Waals surface area contributed by atoms with Crippen molar-refractivity contribution in [3.8, 4) is 0 Å². The van der Waals surface area contributed by atoms with Gasteiger partial charge in [0.1, 0.15) is 5.82 Å². The monoisotopic (exact) mass is 250 g/mol. The highest BCUT2D eigenvalue weighted by molar-refractivity contribution is 5.21. The van der Waals surface area contributed by atoms with E-state index in [1.165, 1.54) is 6.07 Å². The minimum atomic E-state index is -0.107. The van der Waals surface area contributed by atoms with Gasteiger partial charge in [-0.15, -0.1) is 0 Å². The zero-order valence-corrected chi connectivity index (χ0v) is 11.0. The number of hydrogen-bond acceptors (Lipinski definition) is 2. The van der Waals surface area contributed by atoms with Crippen molar-refractivity contribution in [2.45, 2.75) is 57.2 Å². The first-order valence-corrected chi connectivity index (χ1v) is 6.96. The first kappa shape index (κ1) is 13.5. The highest BCUT2D eigenvalue weighted by Gasteiger charge is 2.22. The minimum Gasteiger partial charge on any atom is -0.328 e. The second-order valence-corrected chi connectivity index (χ2v) is 5.26. The van der Waals surface area contributed by atoms with Gasteiger partial charge in [-0.05, 0) is 38.2 Å². The summed E-state index contributed by atoms with van der Waals surface area (Å²) in [6.45, 7) is 2.10. The Kier molecular flexibility index (Phi) is 4.72. The van der Waals surface area contributed by atoms with Crippen molar-refractivity contribution in [1.29, 1.82) is 0 Å². The lowest BCUT2D eigenvalue weighted by molar-refractivity contribution is 0.309. The molecule has 18 heavy (non-hydrogen) atoms. The third-order valence-electron chi connectivity index (χ3n) is 3.90. The second-order valence-electron chi connectivity index (χ2n) is 5.26. The molecule has 0 heterocycles. The van der Waals surface area contributed by atoms with Crippen molar-refractivity contribution in [3.63, 3.8) is 0 Å². The molecule has 0 aromatic heterocycles. The van der Waals surface area contributed by atoms with E-state index in [0.717, 1.165) is 37.7 Å². The summed E-state index contributed by atoms with van der Waals surface area (Å²) in [5.74, 6) is -0.107. The zero-order valence-electron chi connectivity index (χ0n) is 11.0. The van der Waals surface area contributed by atoms with Crippen LogP contribution < -0.4 is 11.1 Å². The summed E-state index contributed by atoms with van der Waals surface area (Å²) < 4.78 is 13.8. The van der Waals surface area contributed by atoms with Crippen molar-refractivity contribution in [2.24, 2.45) is 5.73 Å². The molecule has 1 unspecified atom stereocenters. The SMILES string of the molecule is CCC(NC1CCC(N)CC1)c1ccccc1F. The van der Waals surface area contributed by atoms with E-state index >= 15 is 0 Å². The number of nitrogens with two attached hydrogens (primary N) is 1. The standard InChI is InChI=1S/C15H23FN2/c1-2-15(13-5-3-4-6-14(13)16)18-12-9-7-11(17)8-10-12/h3-6,11-12,15,18H,2,7-10,17H2,1H3. The van der Waals surface area contributed by atoms with E-state index in [9.17, 15) is 4.39 Å². The van der Waals surface area contributed by atoms with Gasteiger partial charge in [-0.25, -0.2) is 4.39 Å². The summed E-state index contributed by atoms with van der Waals surface area (Å²) in [6.07, 6.45) is 5.26. The Hall–Kier alpha value is -0.930. The first-order chi connectivity index (χ1) is 8.70. The van der Waals surface area contributed by atoms with Crippen LogP contribution in [0.2, 0.25) is 0 Å². The van der Waals surface area contributed by atoms with Crippen LogP contribution in [0, 0.1) is 5.82 Å². The van der Waals surface area contributed by atoms with Gasteiger partial charge in [0.15, 0.2) is 0 Å². The molecular weight excluding hydrogens is 227 g/mol. The lowest BCUT2D eigenvalue weighted by Gasteiger charge is -2.30. The molecule has 0 spiro atoms. The molecule has 2 rings (SSSR count). The maximum atomic E-state index is 13.8. The van der Waals surface area contributed by atoms with E-state index in [4.69, 9.17) is 5.73 Å². The maximum absolute atomic E-state index is 13.8. The Labute approximate surface area is 109 Å². The second kappa shape index (κ2) is 6.30. The first-order valence-electron chi connectivity index (χ1n) is 6.96. The van der Waals surface area contributed by atoms with Gasteiger partial charge >= 0.3 is 0 Å². The summed E-state index contributed by atoms with van der Waals surface area (Å²) in [4.78, 5) is 0. The Bertz CT molecular complexity index is 373. The van der Waals surface area contributed by atoms with Gasteiger partial charge in [0, 0.05) is 23.7 Å². The number of halogens is 1. The lowest BCUT2D eigenvalue weighted by atomic mass is 9.90. The van der Waals surface area contributed by atoms with Gasteiger partial charge in [0.25, 0.3) is 0 Å². The lowest BCUT2D eigenvalue weighted by Crippen LogP contribution is -2.39. The van der Waals surface area contributed by atoms with Crippen LogP contribution in [0.15, 0.2) is 24.3 Å². The van der Waals surface area contributed by atoms with E-state index in [2.05, 4.69) is 12.2 Å². The maximum Gasteiger partial charge on any atom is 0.127 e. The molecule has 1 saturated carbocycles. The predicted molar refractivity (Wildman–Crippen MR) is 72.8 cm³/mol. The zero-order chi connectivity index (χ0) is 13.0. The molecule has 1 aromatic rings. The highest BCUT2D eigenvalue weighted by Crippen LogP contribution is 2.24. The molecule has 3 heteroatoms. The van der Waals surface area contributed by atoms with E-state index in [-0.39, 0.29) is 11.9 Å². The number of hydrogen-bond donors (Lipinski definition) is 2. The Morgan fingerprint density at radius 2 is 1.94 bits per heavy atom. The van der Waals surface area contributed by atoms with E-state index < -0.39 is 0 Å². The van der Waals surface area contributed by atoms with Gasteiger partial charge in [-0.2, -0.15) is 0 Å². The van der Waals surface area contributed by atoms with E-state index in [0.29, 0.717) is 12.1 Å². The average molecular weight is 250 g/mol. The molecule has 100 valence electrons. The van der Waals surface area contributed by atoms with Crippen LogP contribution in [-0.2, 0) is 0 Å². The quantitative estimate of drug-likeness (QED) is 0.861. The topological polar surface area (TPSA) is 38.0 Å².